The van der Waals surface area contributed by atoms with Gasteiger partial charge in [0.1, 0.15) is 29.3 Å². The van der Waals surface area contributed by atoms with Crippen molar-refractivity contribution in [1.29, 1.82) is 0 Å². The summed E-state index contributed by atoms with van der Waals surface area (Å²) in [6.45, 7) is 5.85. The molecule has 2 heterocycles. The molecule has 1 aromatic rings. The van der Waals surface area contributed by atoms with Crippen LogP contribution in [-0.2, 0) is 28.6 Å². The molecule has 1 aliphatic carbocycles. The van der Waals surface area contributed by atoms with E-state index in [1.807, 2.05) is 0 Å². The highest BCUT2D eigenvalue weighted by molar-refractivity contribution is 5.90. The predicted molar refractivity (Wildman–Crippen MR) is 131 cm³/mol. The Balaban J connectivity index is 1.72. The number of esters is 1. The highest BCUT2D eigenvalue weighted by atomic mass is 19.1. The fourth-order valence-corrected chi connectivity index (χ4v) is 5.83. The van der Waals surface area contributed by atoms with E-state index in [2.05, 4.69) is 0 Å². The number of carbonyl (C=O) groups excluding carboxylic acids is 3. The summed E-state index contributed by atoms with van der Waals surface area (Å²) >= 11 is 0. The summed E-state index contributed by atoms with van der Waals surface area (Å²) in [5.74, 6) is -2.79. The zero-order chi connectivity index (χ0) is 27.7. The van der Waals surface area contributed by atoms with Crippen molar-refractivity contribution in [1.82, 2.24) is 9.96 Å². The Morgan fingerprint density at radius 2 is 1.63 bits per heavy atom. The van der Waals surface area contributed by atoms with Crippen molar-refractivity contribution in [3.63, 3.8) is 0 Å². The van der Waals surface area contributed by atoms with Crippen LogP contribution in [0, 0.1) is 17.0 Å². The minimum absolute atomic E-state index is 0.0249. The standard InChI is InChI=1S/C27H36F2N2O7/c1-25(2,3)37-24(34)38-31-16-21(18-13-19(28)15-20(29)14-18)30(17-22(32)35-4)23(33)27(31)7-5-26(6-8-27)9-11-36-12-10-26/h13-15,21H,5-12,16-17H2,1-4H3/t21-/m0/s1. The van der Waals surface area contributed by atoms with Crippen LogP contribution < -0.4 is 0 Å². The van der Waals surface area contributed by atoms with Crippen LogP contribution in [0.4, 0.5) is 13.6 Å². The number of piperazine rings is 1. The summed E-state index contributed by atoms with van der Waals surface area (Å²) in [5.41, 5.74) is -1.96. The SMILES string of the molecule is COC(=O)CN1C(=O)C2(CCC3(CCOCC3)CC2)N(OC(=O)OC(C)(C)C)C[C@H]1c1cc(F)cc(F)c1. The van der Waals surface area contributed by atoms with Crippen LogP contribution in [0.2, 0.25) is 0 Å². The number of benzene rings is 1. The lowest BCUT2D eigenvalue weighted by Crippen LogP contribution is -2.68. The van der Waals surface area contributed by atoms with Crippen molar-refractivity contribution >= 4 is 18.0 Å². The fourth-order valence-electron chi connectivity index (χ4n) is 5.83. The van der Waals surface area contributed by atoms with Crippen molar-refractivity contribution < 1.29 is 42.2 Å². The maximum Gasteiger partial charge on any atom is 0.528 e. The molecule has 0 bridgehead atoms. The molecule has 1 aromatic carbocycles. The predicted octanol–water partition coefficient (Wildman–Crippen LogP) is 4.30. The van der Waals surface area contributed by atoms with E-state index >= 15 is 0 Å². The number of carbonyl (C=O) groups is 3. The molecule has 1 amide bonds. The van der Waals surface area contributed by atoms with Crippen molar-refractivity contribution in [3.05, 3.63) is 35.4 Å². The molecule has 2 spiro atoms. The van der Waals surface area contributed by atoms with Crippen LogP contribution in [0.3, 0.4) is 0 Å². The van der Waals surface area contributed by atoms with Gasteiger partial charge < -0.3 is 23.9 Å². The Bertz CT molecular complexity index is 1040. The molecule has 4 rings (SSSR count). The molecule has 3 fully saturated rings. The van der Waals surface area contributed by atoms with Gasteiger partial charge in [0.15, 0.2) is 0 Å². The monoisotopic (exact) mass is 538 g/mol. The van der Waals surface area contributed by atoms with Crippen LogP contribution in [0.25, 0.3) is 0 Å². The number of methoxy groups -OCH3 is 1. The van der Waals surface area contributed by atoms with Gasteiger partial charge in [-0.2, -0.15) is 0 Å². The van der Waals surface area contributed by atoms with Gasteiger partial charge in [-0.25, -0.2) is 13.6 Å². The fraction of sp³-hybridized carbons (Fsp3) is 0.667. The maximum absolute atomic E-state index is 14.3. The summed E-state index contributed by atoms with van der Waals surface area (Å²) in [5, 5.41) is 1.32. The van der Waals surface area contributed by atoms with Crippen LogP contribution in [0.15, 0.2) is 18.2 Å². The normalized spacial score (nSPS) is 23.4. The molecule has 1 atom stereocenters. The first-order chi connectivity index (χ1) is 17.9. The first-order valence-corrected chi connectivity index (χ1v) is 13.0. The Morgan fingerprint density at radius 1 is 1.03 bits per heavy atom. The first kappa shape index (κ1) is 28.2. The smallest absolute Gasteiger partial charge is 0.468 e. The number of nitrogens with zero attached hydrogens (tertiary/aromatic N) is 2. The van der Waals surface area contributed by atoms with Gasteiger partial charge in [0.25, 0.3) is 0 Å². The summed E-state index contributed by atoms with van der Waals surface area (Å²) in [6, 6.07) is 1.95. The maximum atomic E-state index is 14.3. The topological polar surface area (TPSA) is 94.6 Å². The van der Waals surface area contributed by atoms with E-state index < -0.39 is 53.4 Å². The van der Waals surface area contributed by atoms with Crippen LogP contribution >= 0.6 is 0 Å². The molecule has 38 heavy (non-hydrogen) atoms. The van der Waals surface area contributed by atoms with Gasteiger partial charge in [0.05, 0.1) is 19.7 Å². The highest BCUT2D eigenvalue weighted by Crippen LogP contribution is 2.51. The Kier molecular flexibility index (Phi) is 7.99. The molecule has 1 saturated carbocycles. The van der Waals surface area contributed by atoms with Gasteiger partial charge in [-0.05, 0) is 82.4 Å². The lowest BCUT2D eigenvalue weighted by Gasteiger charge is -2.55. The second-order valence-corrected chi connectivity index (χ2v) is 11.5. The minimum Gasteiger partial charge on any atom is -0.468 e. The van der Waals surface area contributed by atoms with Crippen LogP contribution in [0.1, 0.15) is 70.9 Å². The molecule has 0 radical (unpaired) electrons. The molecule has 0 N–H and O–H groups in total. The van der Waals surface area contributed by atoms with E-state index in [-0.39, 0.29) is 17.5 Å². The number of hydrogen-bond acceptors (Lipinski definition) is 8. The molecule has 2 saturated heterocycles. The van der Waals surface area contributed by atoms with Crippen molar-refractivity contribution in [2.24, 2.45) is 5.41 Å². The highest BCUT2D eigenvalue weighted by Gasteiger charge is 2.58. The zero-order valence-electron chi connectivity index (χ0n) is 22.4. The molecule has 2 aliphatic heterocycles. The largest absolute Gasteiger partial charge is 0.528 e. The molecule has 3 aliphatic rings. The van der Waals surface area contributed by atoms with Crippen molar-refractivity contribution in [3.8, 4) is 0 Å². The van der Waals surface area contributed by atoms with E-state index in [1.165, 1.54) is 17.1 Å². The number of hydrogen-bond donors (Lipinski definition) is 0. The van der Waals surface area contributed by atoms with Crippen molar-refractivity contribution in [2.45, 2.75) is 76.5 Å². The third-order valence-electron chi connectivity index (χ3n) is 7.91. The third-order valence-corrected chi connectivity index (χ3v) is 7.91. The molecule has 0 unspecified atom stereocenters. The molecule has 9 nitrogen and oxygen atoms in total. The molecule has 210 valence electrons. The van der Waals surface area contributed by atoms with Gasteiger partial charge in [-0.15, -0.1) is 5.06 Å². The third kappa shape index (κ3) is 5.93. The number of halogens is 2. The lowest BCUT2D eigenvalue weighted by molar-refractivity contribution is -0.242. The van der Waals surface area contributed by atoms with Crippen LogP contribution in [0.5, 0.6) is 0 Å². The average Bonchev–Trinajstić information content (AvgIpc) is 2.84. The quantitative estimate of drug-likeness (QED) is 0.524. The van der Waals surface area contributed by atoms with E-state index in [0.29, 0.717) is 38.9 Å². The summed E-state index contributed by atoms with van der Waals surface area (Å²) in [4.78, 5) is 46.4. The zero-order valence-corrected chi connectivity index (χ0v) is 22.4. The van der Waals surface area contributed by atoms with Gasteiger partial charge >= 0.3 is 12.1 Å². The minimum atomic E-state index is -1.27. The van der Waals surface area contributed by atoms with E-state index in [0.717, 1.165) is 31.0 Å². The average molecular weight is 539 g/mol. The van der Waals surface area contributed by atoms with Gasteiger partial charge in [0.2, 0.25) is 5.91 Å². The Labute approximate surface area is 221 Å². The number of rotatable bonds is 4. The number of amides is 1. The van der Waals surface area contributed by atoms with Gasteiger partial charge in [-0.3, -0.25) is 9.59 Å². The van der Waals surface area contributed by atoms with Gasteiger partial charge in [-0.1, -0.05) is 0 Å². The second-order valence-electron chi connectivity index (χ2n) is 11.5. The number of hydroxylamine groups is 2. The van der Waals surface area contributed by atoms with E-state index in [4.69, 9.17) is 19.0 Å². The Morgan fingerprint density at radius 3 is 2.18 bits per heavy atom. The molecule has 11 heteroatoms. The van der Waals surface area contributed by atoms with E-state index in [9.17, 15) is 23.2 Å². The molecule has 0 aromatic heterocycles. The van der Waals surface area contributed by atoms with Crippen LogP contribution in [-0.4, -0.2) is 72.5 Å². The Hall–Kier alpha value is -2.79. The molecular weight excluding hydrogens is 502 g/mol. The molecular formula is C27H36F2N2O7. The number of ether oxygens (including phenoxy) is 3. The first-order valence-electron chi connectivity index (χ1n) is 13.0. The lowest BCUT2D eigenvalue weighted by atomic mass is 9.63. The summed E-state index contributed by atoms with van der Waals surface area (Å²) < 4.78 is 44.2. The van der Waals surface area contributed by atoms with E-state index in [1.54, 1.807) is 20.8 Å². The summed E-state index contributed by atoms with van der Waals surface area (Å²) in [6.07, 6.45) is 2.90. The second kappa shape index (κ2) is 10.8. The summed E-state index contributed by atoms with van der Waals surface area (Å²) in [7, 11) is 1.21. The van der Waals surface area contributed by atoms with Gasteiger partial charge in [0, 0.05) is 19.3 Å². The van der Waals surface area contributed by atoms with Crippen molar-refractivity contribution in [2.75, 3.05) is 33.4 Å².